The number of carbonyl (C=O) groups is 1. The van der Waals surface area contributed by atoms with Gasteiger partial charge in [0.25, 0.3) is 5.91 Å². The number of primary amides is 1. The molecule has 2 aromatic carbocycles. The minimum Gasteiger partial charge on any atom is -0.497 e. The molecular formula is C21H23N3O2. The summed E-state index contributed by atoms with van der Waals surface area (Å²) >= 11 is 0. The number of hydrogen-bond acceptors (Lipinski definition) is 3. The Hall–Kier alpha value is -2.79. The van der Waals surface area contributed by atoms with Crippen LogP contribution in [-0.2, 0) is 0 Å². The second-order valence-corrected chi connectivity index (χ2v) is 6.81. The van der Waals surface area contributed by atoms with Gasteiger partial charge in [-0.05, 0) is 72.8 Å². The summed E-state index contributed by atoms with van der Waals surface area (Å²) in [4.78, 5) is 15.3. The normalized spacial score (nSPS) is 15.3. The van der Waals surface area contributed by atoms with Crippen molar-refractivity contribution in [2.75, 3.05) is 20.2 Å². The van der Waals surface area contributed by atoms with Crippen molar-refractivity contribution in [3.8, 4) is 16.9 Å². The van der Waals surface area contributed by atoms with Gasteiger partial charge >= 0.3 is 0 Å². The largest absolute Gasteiger partial charge is 0.497 e. The molecule has 3 aromatic rings. The van der Waals surface area contributed by atoms with E-state index < -0.39 is 5.91 Å². The molecule has 0 saturated carbocycles. The fourth-order valence-corrected chi connectivity index (χ4v) is 3.87. The fourth-order valence-electron chi connectivity index (χ4n) is 3.87. The summed E-state index contributed by atoms with van der Waals surface area (Å²) in [5, 5.41) is 4.50. The van der Waals surface area contributed by atoms with Gasteiger partial charge in [0, 0.05) is 11.6 Å². The first-order chi connectivity index (χ1) is 12.7. The number of amides is 1. The number of nitrogens with one attached hydrogen (secondary N) is 2. The third-order valence-corrected chi connectivity index (χ3v) is 5.29. The van der Waals surface area contributed by atoms with Gasteiger partial charge in [0.15, 0.2) is 0 Å². The van der Waals surface area contributed by atoms with Crippen molar-refractivity contribution in [1.82, 2.24) is 10.3 Å². The predicted molar refractivity (Wildman–Crippen MR) is 104 cm³/mol. The summed E-state index contributed by atoms with van der Waals surface area (Å²) in [7, 11) is 1.65. The average molecular weight is 349 g/mol. The molecule has 4 rings (SSSR count). The van der Waals surface area contributed by atoms with Crippen LogP contribution in [-0.4, -0.2) is 31.1 Å². The van der Waals surface area contributed by atoms with Crippen molar-refractivity contribution in [2.45, 2.75) is 18.8 Å². The van der Waals surface area contributed by atoms with Gasteiger partial charge in [-0.15, -0.1) is 0 Å². The van der Waals surface area contributed by atoms with E-state index in [1.165, 1.54) is 5.56 Å². The first kappa shape index (κ1) is 16.7. The quantitative estimate of drug-likeness (QED) is 0.675. The van der Waals surface area contributed by atoms with E-state index in [4.69, 9.17) is 10.5 Å². The minimum absolute atomic E-state index is 0.413. The molecule has 26 heavy (non-hydrogen) atoms. The van der Waals surface area contributed by atoms with Crippen molar-refractivity contribution in [2.24, 2.45) is 5.73 Å². The number of H-pyrrole nitrogens is 1. The number of benzene rings is 2. The summed E-state index contributed by atoms with van der Waals surface area (Å²) in [6.07, 6.45) is 4.25. The number of fused-ring (bicyclic) bond motifs is 1. The first-order valence-corrected chi connectivity index (χ1v) is 8.97. The second-order valence-electron chi connectivity index (χ2n) is 6.81. The zero-order chi connectivity index (χ0) is 18.1. The number of hydrogen-bond donors (Lipinski definition) is 3. The molecule has 0 atom stereocenters. The van der Waals surface area contributed by atoms with Gasteiger partial charge in [-0.2, -0.15) is 0 Å². The monoisotopic (exact) mass is 349 g/mol. The number of aromatic amines is 1. The third kappa shape index (κ3) is 2.95. The molecule has 1 aliphatic heterocycles. The van der Waals surface area contributed by atoms with E-state index in [9.17, 15) is 4.79 Å². The number of nitrogens with two attached hydrogens (primary N) is 1. The molecule has 4 N–H and O–H groups in total. The number of ether oxygens (including phenoxy) is 1. The van der Waals surface area contributed by atoms with Gasteiger partial charge in [0.1, 0.15) is 5.75 Å². The molecular weight excluding hydrogens is 326 g/mol. The van der Waals surface area contributed by atoms with Gasteiger partial charge in [0.2, 0.25) is 0 Å². The zero-order valence-corrected chi connectivity index (χ0v) is 14.8. The molecule has 1 saturated heterocycles. The summed E-state index contributed by atoms with van der Waals surface area (Å²) < 4.78 is 5.24. The Morgan fingerprint density at radius 2 is 1.85 bits per heavy atom. The van der Waals surface area contributed by atoms with Gasteiger partial charge in [-0.25, -0.2) is 0 Å². The molecule has 0 aliphatic carbocycles. The van der Waals surface area contributed by atoms with Crippen LogP contribution >= 0.6 is 0 Å². The van der Waals surface area contributed by atoms with Gasteiger partial charge in [-0.1, -0.05) is 12.1 Å². The van der Waals surface area contributed by atoms with Crippen LogP contribution in [0, 0.1) is 0 Å². The molecule has 1 fully saturated rings. The molecule has 0 bridgehead atoms. The third-order valence-electron chi connectivity index (χ3n) is 5.29. The molecule has 0 radical (unpaired) electrons. The van der Waals surface area contributed by atoms with E-state index in [1.807, 2.05) is 36.5 Å². The lowest BCUT2D eigenvalue weighted by molar-refractivity contribution is 0.100. The molecule has 134 valence electrons. The van der Waals surface area contributed by atoms with Crippen molar-refractivity contribution >= 4 is 16.8 Å². The molecule has 5 heteroatoms. The maximum absolute atomic E-state index is 12.1. The standard InChI is InChI=1S/C21H23N3O2/c1-26-16-4-2-13(3-5-16)15-10-17-19(14-6-8-23-9-7-14)12-24-20(17)18(11-15)21(22)25/h2-5,10-12,14,23-24H,6-9H2,1H3,(H2,22,25). The number of rotatable bonds is 4. The van der Waals surface area contributed by atoms with Crippen molar-refractivity contribution in [1.29, 1.82) is 0 Å². The molecule has 0 unspecified atom stereocenters. The highest BCUT2D eigenvalue weighted by Gasteiger charge is 2.21. The van der Waals surface area contributed by atoms with E-state index >= 15 is 0 Å². The minimum atomic E-state index is -0.413. The van der Waals surface area contributed by atoms with E-state index in [-0.39, 0.29) is 0 Å². The first-order valence-electron chi connectivity index (χ1n) is 8.97. The number of aromatic nitrogens is 1. The van der Waals surface area contributed by atoms with Crippen LogP contribution in [0.5, 0.6) is 5.75 Å². The highest BCUT2D eigenvalue weighted by molar-refractivity contribution is 6.07. The topological polar surface area (TPSA) is 80.1 Å². The molecule has 1 amide bonds. The van der Waals surface area contributed by atoms with Gasteiger partial charge < -0.3 is 20.8 Å². The van der Waals surface area contributed by atoms with E-state index in [1.54, 1.807) is 7.11 Å². The zero-order valence-electron chi connectivity index (χ0n) is 14.8. The van der Waals surface area contributed by atoms with Crippen LogP contribution in [0.15, 0.2) is 42.6 Å². The van der Waals surface area contributed by atoms with Crippen LogP contribution in [0.2, 0.25) is 0 Å². The average Bonchev–Trinajstić information content (AvgIpc) is 3.12. The summed E-state index contributed by atoms with van der Waals surface area (Å²) in [6, 6.07) is 11.9. The van der Waals surface area contributed by atoms with Crippen LogP contribution in [0.1, 0.15) is 34.7 Å². The Labute approximate surface area is 152 Å². The molecule has 1 aromatic heterocycles. The highest BCUT2D eigenvalue weighted by atomic mass is 16.5. The van der Waals surface area contributed by atoms with Crippen molar-refractivity contribution in [3.05, 3.63) is 53.7 Å². The molecule has 5 nitrogen and oxygen atoms in total. The Morgan fingerprint density at radius 1 is 1.12 bits per heavy atom. The Balaban J connectivity index is 1.86. The van der Waals surface area contributed by atoms with Crippen LogP contribution in [0.3, 0.4) is 0 Å². The molecule has 1 aliphatic rings. The number of piperidine rings is 1. The lowest BCUT2D eigenvalue weighted by Gasteiger charge is -2.22. The number of carbonyl (C=O) groups excluding carboxylic acids is 1. The number of methoxy groups -OCH3 is 1. The van der Waals surface area contributed by atoms with Crippen molar-refractivity contribution in [3.63, 3.8) is 0 Å². The fraction of sp³-hybridized carbons (Fsp3) is 0.286. The Bertz CT molecular complexity index is 938. The van der Waals surface area contributed by atoms with Gasteiger partial charge in [0.05, 0.1) is 18.2 Å². The lowest BCUT2D eigenvalue weighted by atomic mass is 9.88. The highest BCUT2D eigenvalue weighted by Crippen LogP contribution is 2.36. The maximum atomic E-state index is 12.1. The molecule has 0 spiro atoms. The van der Waals surface area contributed by atoms with E-state index in [0.29, 0.717) is 11.5 Å². The van der Waals surface area contributed by atoms with E-state index in [0.717, 1.165) is 53.7 Å². The summed E-state index contributed by atoms with van der Waals surface area (Å²) in [5.74, 6) is 0.892. The summed E-state index contributed by atoms with van der Waals surface area (Å²) in [6.45, 7) is 2.05. The smallest absolute Gasteiger partial charge is 0.250 e. The second kappa shape index (κ2) is 6.84. The van der Waals surface area contributed by atoms with Crippen LogP contribution in [0.25, 0.3) is 22.0 Å². The SMILES string of the molecule is COc1ccc(-c2cc(C(N)=O)c3[nH]cc(C4CCNCC4)c3c2)cc1. The van der Waals surface area contributed by atoms with Crippen LogP contribution in [0.4, 0.5) is 0 Å². The predicted octanol–water partition coefficient (Wildman–Crippen LogP) is 3.41. The van der Waals surface area contributed by atoms with Gasteiger partial charge in [-0.3, -0.25) is 4.79 Å². The molecule has 2 heterocycles. The maximum Gasteiger partial charge on any atom is 0.250 e. The van der Waals surface area contributed by atoms with Crippen molar-refractivity contribution < 1.29 is 9.53 Å². The Morgan fingerprint density at radius 3 is 2.50 bits per heavy atom. The summed E-state index contributed by atoms with van der Waals surface area (Å²) in [5.41, 5.74) is 10.3. The van der Waals surface area contributed by atoms with E-state index in [2.05, 4.69) is 16.4 Å². The Kier molecular flexibility index (Phi) is 4.39. The van der Waals surface area contributed by atoms with Crippen LogP contribution < -0.4 is 15.8 Å². The lowest BCUT2D eigenvalue weighted by Crippen LogP contribution is -2.26.